The number of benzene rings is 1. The van der Waals surface area contributed by atoms with Crippen LogP contribution in [-0.2, 0) is 13.3 Å². The Bertz CT molecular complexity index is 736. The fourth-order valence-electron chi connectivity index (χ4n) is 2.60. The summed E-state index contributed by atoms with van der Waals surface area (Å²) in [5.41, 5.74) is 1.08. The maximum absolute atomic E-state index is 6.50. The van der Waals surface area contributed by atoms with Crippen LogP contribution in [0, 0.1) is 0 Å². The number of nitrogens with zero attached hydrogens (tertiary/aromatic N) is 1. The van der Waals surface area contributed by atoms with E-state index >= 15 is 0 Å². The fourth-order valence-corrected chi connectivity index (χ4v) is 19.8. The molecule has 2 aromatic rings. The third kappa shape index (κ3) is 11.5. The lowest BCUT2D eigenvalue weighted by Crippen LogP contribution is -2.51. The molecule has 4 nitrogen and oxygen atoms in total. The lowest BCUT2D eigenvalue weighted by Gasteiger charge is -2.36. The SMILES string of the molecule is CCC(C)O[Si](CCSSSSSSc1nc2ccccc2s1)(OC(C)CC)OC(C)CC. The molecule has 0 aliphatic heterocycles. The second-order valence-electron chi connectivity index (χ2n) is 7.57. The maximum Gasteiger partial charge on any atom is 0.502 e. The predicted molar refractivity (Wildman–Crippen MR) is 161 cm³/mol. The van der Waals surface area contributed by atoms with Crippen LogP contribution in [0.4, 0.5) is 0 Å². The van der Waals surface area contributed by atoms with Crippen LogP contribution in [0.15, 0.2) is 28.6 Å². The molecular formula is C21H35NO3S7Si. The second kappa shape index (κ2) is 16.9. The molecular weight excluding hydrogens is 567 g/mol. The Morgan fingerprint density at radius 1 is 0.848 bits per heavy atom. The van der Waals surface area contributed by atoms with E-state index in [-0.39, 0.29) is 18.3 Å². The number of hydrogen-bond donors (Lipinski definition) is 0. The Labute approximate surface area is 227 Å². The van der Waals surface area contributed by atoms with Gasteiger partial charge >= 0.3 is 8.80 Å². The molecule has 1 heterocycles. The predicted octanol–water partition coefficient (Wildman–Crippen LogP) is 10.0. The van der Waals surface area contributed by atoms with E-state index in [1.807, 2.05) is 26.7 Å². The molecule has 0 spiro atoms. The van der Waals surface area contributed by atoms with Gasteiger partial charge in [0.1, 0.15) is 0 Å². The van der Waals surface area contributed by atoms with E-state index in [4.69, 9.17) is 13.3 Å². The summed E-state index contributed by atoms with van der Waals surface area (Å²) in [6, 6.07) is 9.13. The lowest BCUT2D eigenvalue weighted by molar-refractivity contribution is -0.00961. The number of fused-ring (bicyclic) bond motifs is 1. The summed E-state index contributed by atoms with van der Waals surface area (Å²) in [5, 5.41) is 0. The molecule has 0 radical (unpaired) electrons. The van der Waals surface area contributed by atoms with Crippen LogP contribution < -0.4 is 0 Å². The van der Waals surface area contributed by atoms with Gasteiger partial charge in [-0.1, -0.05) is 43.7 Å². The van der Waals surface area contributed by atoms with Gasteiger partial charge in [0, 0.05) is 30.1 Å². The molecule has 188 valence electrons. The van der Waals surface area contributed by atoms with Crippen molar-refractivity contribution in [2.75, 3.05) is 5.75 Å². The lowest BCUT2D eigenvalue weighted by atomic mass is 10.3. The summed E-state index contributed by atoms with van der Waals surface area (Å²) in [7, 11) is 7.98. The molecule has 1 aromatic heterocycles. The Morgan fingerprint density at radius 3 is 2.00 bits per heavy atom. The largest absolute Gasteiger partial charge is 0.502 e. The number of para-hydroxylation sites is 1. The van der Waals surface area contributed by atoms with Gasteiger partial charge in [-0.2, -0.15) is 0 Å². The molecule has 0 saturated carbocycles. The summed E-state index contributed by atoms with van der Waals surface area (Å²) in [6.45, 7) is 12.8. The molecule has 0 aliphatic carbocycles. The summed E-state index contributed by atoms with van der Waals surface area (Å²) in [5.74, 6) is 0.948. The highest BCUT2D eigenvalue weighted by atomic mass is 33.9. The molecule has 3 atom stereocenters. The number of rotatable bonds is 18. The highest BCUT2D eigenvalue weighted by Gasteiger charge is 2.44. The van der Waals surface area contributed by atoms with Crippen molar-refractivity contribution in [3.05, 3.63) is 24.3 Å². The van der Waals surface area contributed by atoms with Crippen LogP contribution in [0.25, 0.3) is 10.2 Å². The van der Waals surface area contributed by atoms with Crippen molar-refractivity contribution in [3.8, 4) is 0 Å². The van der Waals surface area contributed by atoms with Crippen molar-refractivity contribution < 1.29 is 13.3 Å². The first-order valence-electron chi connectivity index (χ1n) is 11.3. The summed E-state index contributed by atoms with van der Waals surface area (Å²) < 4.78 is 21.8. The van der Waals surface area contributed by atoms with Gasteiger partial charge in [-0.05, 0) is 102 Å². The summed E-state index contributed by atoms with van der Waals surface area (Å²) in [4.78, 5) is 4.67. The topological polar surface area (TPSA) is 40.6 Å². The van der Waals surface area contributed by atoms with Crippen molar-refractivity contribution in [2.24, 2.45) is 0 Å². The van der Waals surface area contributed by atoms with Crippen molar-refractivity contribution in [2.45, 2.75) is 89.5 Å². The molecule has 0 aliphatic rings. The Kier molecular flexibility index (Phi) is 15.7. The molecule has 3 unspecified atom stereocenters. The zero-order valence-corrected chi connectivity index (χ0v) is 26.8. The average Bonchev–Trinajstić information content (AvgIpc) is 3.23. The van der Waals surface area contributed by atoms with Crippen molar-refractivity contribution >= 4 is 91.2 Å². The minimum absolute atomic E-state index is 0.142. The van der Waals surface area contributed by atoms with Crippen LogP contribution in [0.5, 0.6) is 0 Å². The van der Waals surface area contributed by atoms with Gasteiger partial charge in [0.25, 0.3) is 0 Å². The van der Waals surface area contributed by atoms with Crippen LogP contribution in [0.2, 0.25) is 6.04 Å². The van der Waals surface area contributed by atoms with E-state index in [1.54, 1.807) is 51.6 Å². The number of aromatic nitrogens is 1. The highest BCUT2D eigenvalue weighted by Crippen LogP contribution is 2.54. The van der Waals surface area contributed by atoms with Crippen LogP contribution in [0.3, 0.4) is 0 Å². The quantitative estimate of drug-likeness (QED) is 0.0936. The summed E-state index contributed by atoms with van der Waals surface area (Å²) in [6.07, 6.45) is 3.30. The molecule has 0 fully saturated rings. The Balaban J connectivity index is 1.76. The van der Waals surface area contributed by atoms with E-state index < -0.39 is 8.80 Å². The van der Waals surface area contributed by atoms with Gasteiger partial charge in [0.15, 0.2) is 4.34 Å². The standard InChI is InChI=1S/C21H35NO3S7Si/c1-7-16(4)23-33(24-17(5)8-2,25-18(6)9-3)15-14-26-29-31-32-30-28-21-22-19-12-10-11-13-20(19)27-21/h10-13,16-18H,7-9,14-15H2,1-6H3. The van der Waals surface area contributed by atoms with Gasteiger partial charge in [-0.3, -0.25) is 0 Å². The summed E-state index contributed by atoms with van der Waals surface area (Å²) >= 11 is 1.75. The van der Waals surface area contributed by atoms with Gasteiger partial charge < -0.3 is 13.3 Å². The minimum Gasteiger partial charge on any atom is -0.371 e. The van der Waals surface area contributed by atoms with E-state index in [0.29, 0.717) is 0 Å². The van der Waals surface area contributed by atoms with Crippen LogP contribution >= 0.6 is 72.2 Å². The van der Waals surface area contributed by atoms with Gasteiger partial charge in [-0.15, -0.1) is 11.3 Å². The Morgan fingerprint density at radius 2 is 1.42 bits per heavy atom. The van der Waals surface area contributed by atoms with E-state index in [0.717, 1.165) is 40.9 Å². The Hall–Kier alpha value is 1.31. The first kappa shape index (κ1) is 30.5. The van der Waals surface area contributed by atoms with E-state index in [2.05, 4.69) is 64.7 Å². The highest BCUT2D eigenvalue weighted by molar-refractivity contribution is 9.41. The molecule has 2 rings (SSSR count). The third-order valence-corrected chi connectivity index (χ3v) is 20.4. The molecule has 0 amide bonds. The minimum atomic E-state index is -2.75. The van der Waals surface area contributed by atoms with Crippen molar-refractivity contribution in [3.63, 3.8) is 0 Å². The maximum atomic E-state index is 6.50. The monoisotopic (exact) mass is 601 g/mol. The molecule has 33 heavy (non-hydrogen) atoms. The molecule has 0 N–H and O–H groups in total. The van der Waals surface area contributed by atoms with E-state index in [1.165, 1.54) is 4.70 Å². The van der Waals surface area contributed by atoms with Gasteiger partial charge in [0.2, 0.25) is 0 Å². The van der Waals surface area contributed by atoms with Crippen LogP contribution in [0.1, 0.15) is 60.8 Å². The van der Waals surface area contributed by atoms with E-state index in [9.17, 15) is 0 Å². The molecule has 0 saturated heterocycles. The second-order valence-corrected chi connectivity index (χ2v) is 20.9. The molecule has 0 bridgehead atoms. The zero-order valence-electron chi connectivity index (χ0n) is 20.1. The first-order valence-corrected chi connectivity index (χ1v) is 21.7. The van der Waals surface area contributed by atoms with Crippen molar-refractivity contribution in [1.29, 1.82) is 0 Å². The zero-order chi connectivity index (χ0) is 24.1. The van der Waals surface area contributed by atoms with Crippen LogP contribution in [-0.4, -0.2) is 37.9 Å². The fraction of sp³-hybridized carbons (Fsp3) is 0.667. The first-order chi connectivity index (χ1) is 15.9. The van der Waals surface area contributed by atoms with Crippen molar-refractivity contribution in [1.82, 2.24) is 4.98 Å². The smallest absolute Gasteiger partial charge is 0.371 e. The number of thiazole rings is 1. The van der Waals surface area contributed by atoms with Gasteiger partial charge in [-0.25, -0.2) is 4.98 Å². The normalized spacial score (nSPS) is 16.5. The average molecular weight is 602 g/mol. The number of hydrogen-bond acceptors (Lipinski definition) is 11. The molecule has 12 heteroatoms. The molecule has 1 aromatic carbocycles. The van der Waals surface area contributed by atoms with Gasteiger partial charge in [0.05, 0.1) is 10.2 Å². The third-order valence-electron chi connectivity index (χ3n) is 4.87.